The smallest absolute Gasteiger partial charge is 0.143 e. The Morgan fingerprint density at radius 2 is 1.82 bits per heavy atom. The Morgan fingerprint density at radius 1 is 1.18 bits per heavy atom. The number of nitrogens with zero attached hydrogens (tertiary/aromatic N) is 1. The van der Waals surface area contributed by atoms with E-state index in [4.69, 9.17) is 15.2 Å². The van der Waals surface area contributed by atoms with Gasteiger partial charge in [-0.1, -0.05) is 12.2 Å². The molecule has 0 saturated heterocycles. The Bertz CT molecular complexity index is 401. The monoisotopic (exact) mass is 236 g/mol. The molecule has 0 fully saturated rings. The van der Waals surface area contributed by atoms with E-state index in [0.717, 1.165) is 22.7 Å². The van der Waals surface area contributed by atoms with Crippen molar-refractivity contribution in [3.05, 3.63) is 23.8 Å². The van der Waals surface area contributed by atoms with Crippen molar-refractivity contribution in [2.75, 3.05) is 39.8 Å². The van der Waals surface area contributed by atoms with Gasteiger partial charge in [-0.25, -0.2) is 0 Å². The van der Waals surface area contributed by atoms with Crippen LogP contribution in [0.2, 0.25) is 0 Å². The zero-order chi connectivity index (χ0) is 12.8. The van der Waals surface area contributed by atoms with Crippen molar-refractivity contribution in [1.82, 2.24) is 0 Å². The fraction of sp³-hybridized carbons (Fsp3) is 0.385. The van der Waals surface area contributed by atoms with E-state index < -0.39 is 0 Å². The minimum absolute atomic E-state index is 0.501. The normalized spacial score (nSPS) is 10.6. The second kappa shape index (κ2) is 6.15. The second-order valence-corrected chi connectivity index (χ2v) is 3.80. The van der Waals surface area contributed by atoms with Crippen LogP contribution >= 0.6 is 0 Å². The highest BCUT2D eigenvalue weighted by atomic mass is 16.5. The highest BCUT2D eigenvalue weighted by Gasteiger charge is 2.10. The minimum Gasteiger partial charge on any atom is -0.496 e. The van der Waals surface area contributed by atoms with Gasteiger partial charge < -0.3 is 20.1 Å². The molecule has 94 valence electrons. The van der Waals surface area contributed by atoms with Gasteiger partial charge in [-0.05, 0) is 6.07 Å². The van der Waals surface area contributed by atoms with E-state index in [9.17, 15) is 0 Å². The van der Waals surface area contributed by atoms with E-state index >= 15 is 0 Å². The van der Waals surface area contributed by atoms with Crippen LogP contribution in [-0.4, -0.2) is 34.9 Å². The van der Waals surface area contributed by atoms with Gasteiger partial charge >= 0.3 is 0 Å². The first-order chi connectivity index (χ1) is 8.13. The predicted octanol–water partition coefficient (Wildman–Crippen LogP) is 1.74. The van der Waals surface area contributed by atoms with Gasteiger partial charge in [-0.3, -0.25) is 0 Å². The van der Waals surface area contributed by atoms with Crippen molar-refractivity contribution in [2.24, 2.45) is 5.73 Å². The van der Waals surface area contributed by atoms with Crippen molar-refractivity contribution >= 4 is 11.8 Å². The zero-order valence-electron chi connectivity index (χ0n) is 10.9. The van der Waals surface area contributed by atoms with Crippen LogP contribution in [0.4, 0.5) is 5.69 Å². The summed E-state index contributed by atoms with van der Waals surface area (Å²) in [6, 6.07) is 3.90. The average molecular weight is 236 g/mol. The maximum absolute atomic E-state index is 5.45. The SMILES string of the molecule is COc1cc(N(C)C)c(OC)cc1/C=C/CN. The van der Waals surface area contributed by atoms with Gasteiger partial charge in [0.2, 0.25) is 0 Å². The quantitative estimate of drug-likeness (QED) is 0.846. The second-order valence-electron chi connectivity index (χ2n) is 3.80. The third-order valence-electron chi connectivity index (χ3n) is 2.45. The number of methoxy groups -OCH3 is 2. The average Bonchev–Trinajstić information content (AvgIpc) is 2.34. The Balaban J connectivity index is 3.27. The molecule has 4 heteroatoms. The lowest BCUT2D eigenvalue weighted by Crippen LogP contribution is -2.10. The van der Waals surface area contributed by atoms with Gasteiger partial charge in [-0.2, -0.15) is 0 Å². The van der Waals surface area contributed by atoms with E-state index in [1.54, 1.807) is 14.2 Å². The Morgan fingerprint density at radius 3 is 2.29 bits per heavy atom. The molecule has 2 N–H and O–H groups in total. The van der Waals surface area contributed by atoms with Gasteiger partial charge in [-0.15, -0.1) is 0 Å². The topological polar surface area (TPSA) is 47.7 Å². The molecule has 4 nitrogen and oxygen atoms in total. The molecular weight excluding hydrogens is 216 g/mol. The van der Waals surface area contributed by atoms with Gasteiger partial charge in [0, 0.05) is 32.3 Å². The molecule has 1 rings (SSSR count). The summed E-state index contributed by atoms with van der Waals surface area (Å²) in [4.78, 5) is 1.98. The fourth-order valence-electron chi connectivity index (χ4n) is 1.58. The van der Waals surface area contributed by atoms with Crippen LogP contribution in [0.25, 0.3) is 6.08 Å². The van der Waals surface area contributed by atoms with E-state index in [2.05, 4.69) is 0 Å². The number of anilines is 1. The number of nitrogens with two attached hydrogens (primary N) is 1. The molecule has 0 spiro atoms. The van der Waals surface area contributed by atoms with Crippen LogP contribution in [0.5, 0.6) is 11.5 Å². The summed E-state index contributed by atoms with van der Waals surface area (Å²) >= 11 is 0. The molecule has 0 unspecified atom stereocenters. The molecule has 1 aromatic carbocycles. The summed E-state index contributed by atoms with van der Waals surface area (Å²) in [5, 5.41) is 0. The lowest BCUT2D eigenvalue weighted by Gasteiger charge is -2.19. The van der Waals surface area contributed by atoms with E-state index in [0.29, 0.717) is 6.54 Å². The van der Waals surface area contributed by atoms with Gasteiger partial charge in [0.05, 0.1) is 19.9 Å². The maximum Gasteiger partial charge on any atom is 0.143 e. The van der Waals surface area contributed by atoms with Crippen LogP contribution in [0.3, 0.4) is 0 Å². The van der Waals surface area contributed by atoms with Gasteiger partial charge in [0.25, 0.3) is 0 Å². The molecule has 0 heterocycles. The molecule has 0 bridgehead atoms. The van der Waals surface area contributed by atoms with Crippen LogP contribution in [0.15, 0.2) is 18.2 Å². The molecule has 0 aromatic heterocycles. The molecular formula is C13H20N2O2. The molecule has 0 radical (unpaired) electrons. The summed E-state index contributed by atoms with van der Waals surface area (Å²) in [6.45, 7) is 0.501. The standard InChI is InChI=1S/C13H20N2O2/c1-15(2)11-9-12(16-3)10(6-5-7-14)8-13(11)17-4/h5-6,8-9H,7,14H2,1-4H3/b6-5+. The van der Waals surface area contributed by atoms with Crippen molar-refractivity contribution < 1.29 is 9.47 Å². The maximum atomic E-state index is 5.45. The Hall–Kier alpha value is -1.68. The predicted molar refractivity (Wildman–Crippen MR) is 72.0 cm³/mol. The highest BCUT2D eigenvalue weighted by molar-refractivity contribution is 5.69. The van der Waals surface area contributed by atoms with Crippen molar-refractivity contribution in [3.63, 3.8) is 0 Å². The summed E-state index contributed by atoms with van der Waals surface area (Å²) in [6.07, 6.45) is 3.81. The summed E-state index contributed by atoms with van der Waals surface area (Å²) in [7, 11) is 7.24. The number of benzene rings is 1. The minimum atomic E-state index is 0.501. The van der Waals surface area contributed by atoms with Crippen molar-refractivity contribution in [2.45, 2.75) is 0 Å². The first kappa shape index (κ1) is 13.4. The summed E-state index contributed by atoms with van der Waals surface area (Å²) in [5.74, 6) is 1.62. The van der Waals surface area contributed by atoms with Crippen molar-refractivity contribution in [3.8, 4) is 11.5 Å². The molecule has 1 aromatic rings. The molecule has 0 amide bonds. The van der Waals surface area contributed by atoms with E-state index in [1.165, 1.54) is 0 Å². The molecule has 0 aliphatic rings. The molecule has 17 heavy (non-hydrogen) atoms. The number of hydrogen-bond donors (Lipinski definition) is 1. The lowest BCUT2D eigenvalue weighted by molar-refractivity contribution is 0.403. The molecule has 0 aliphatic carbocycles. The number of rotatable bonds is 5. The zero-order valence-corrected chi connectivity index (χ0v) is 10.9. The van der Waals surface area contributed by atoms with Crippen LogP contribution < -0.4 is 20.1 Å². The fourth-order valence-corrected chi connectivity index (χ4v) is 1.58. The first-order valence-corrected chi connectivity index (χ1v) is 5.44. The van der Waals surface area contributed by atoms with E-state index in [-0.39, 0.29) is 0 Å². The van der Waals surface area contributed by atoms with Crippen LogP contribution in [0.1, 0.15) is 5.56 Å². The van der Waals surface area contributed by atoms with Crippen molar-refractivity contribution in [1.29, 1.82) is 0 Å². The third-order valence-corrected chi connectivity index (χ3v) is 2.45. The molecule has 0 atom stereocenters. The lowest BCUT2D eigenvalue weighted by atomic mass is 10.1. The number of ether oxygens (including phenoxy) is 2. The summed E-state index contributed by atoms with van der Waals surface area (Å²) < 4.78 is 10.7. The Labute approximate surface area is 103 Å². The Kier molecular flexibility index (Phi) is 4.84. The highest BCUT2D eigenvalue weighted by Crippen LogP contribution is 2.35. The van der Waals surface area contributed by atoms with Crippen LogP contribution in [-0.2, 0) is 0 Å². The van der Waals surface area contributed by atoms with Gasteiger partial charge in [0.1, 0.15) is 11.5 Å². The molecule has 0 aliphatic heterocycles. The van der Waals surface area contributed by atoms with Crippen LogP contribution in [0, 0.1) is 0 Å². The molecule has 0 saturated carbocycles. The third kappa shape index (κ3) is 3.14. The van der Waals surface area contributed by atoms with E-state index in [1.807, 2.05) is 43.3 Å². The summed E-state index contributed by atoms with van der Waals surface area (Å²) in [5.41, 5.74) is 7.39. The largest absolute Gasteiger partial charge is 0.496 e. The first-order valence-electron chi connectivity index (χ1n) is 5.44. The van der Waals surface area contributed by atoms with Gasteiger partial charge in [0.15, 0.2) is 0 Å². The number of hydrogen-bond acceptors (Lipinski definition) is 4.